The van der Waals surface area contributed by atoms with Crippen LogP contribution in [0.5, 0.6) is 0 Å². The number of rotatable bonds is 7. The van der Waals surface area contributed by atoms with Crippen molar-refractivity contribution in [2.45, 2.75) is 19.9 Å². The van der Waals surface area contributed by atoms with Gasteiger partial charge in [0.15, 0.2) is 0 Å². The van der Waals surface area contributed by atoms with Crippen molar-refractivity contribution in [3.63, 3.8) is 0 Å². The van der Waals surface area contributed by atoms with E-state index in [0.717, 1.165) is 24.6 Å². The van der Waals surface area contributed by atoms with Gasteiger partial charge in [-0.25, -0.2) is 4.79 Å². The molecule has 2 rings (SSSR count). The van der Waals surface area contributed by atoms with E-state index in [9.17, 15) is 9.59 Å². The van der Waals surface area contributed by atoms with Crippen molar-refractivity contribution in [3.05, 3.63) is 23.7 Å². The highest BCUT2D eigenvalue weighted by Gasteiger charge is 2.25. The number of carbonyl (C=O) groups is 2. The Hall–Kier alpha value is -2.06. The molecular weight excluding hydrogens is 312 g/mol. The summed E-state index contributed by atoms with van der Waals surface area (Å²) in [6.07, 6.45) is 0. The molecule has 0 aromatic carbocycles. The molecule has 1 atom stereocenters. The van der Waals surface area contributed by atoms with Gasteiger partial charge in [0.25, 0.3) is 0 Å². The largest absolute Gasteiger partial charge is 0.465 e. The molecule has 0 radical (unpaired) electrons. The second-order valence-corrected chi connectivity index (χ2v) is 5.73. The van der Waals surface area contributed by atoms with Crippen LogP contribution in [0.25, 0.3) is 0 Å². The average molecular weight is 338 g/mol. The van der Waals surface area contributed by atoms with Crippen molar-refractivity contribution in [3.8, 4) is 0 Å². The van der Waals surface area contributed by atoms with Crippen LogP contribution in [-0.4, -0.2) is 62.8 Å². The summed E-state index contributed by atoms with van der Waals surface area (Å²) >= 11 is 0. The second kappa shape index (κ2) is 9.29. The molecule has 1 saturated heterocycles. The van der Waals surface area contributed by atoms with Crippen LogP contribution in [0.4, 0.5) is 4.79 Å². The van der Waals surface area contributed by atoms with Crippen LogP contribution in [-0.2, 0) is 9.53 Å². The number of nitrogens with zero attached hydrogens (tertiary/aromatic N) is 1. The molecule has 1 fully saturated rings. The third-order valence-electron chi connectivity index (χ3n) is 3.82. The van der Waals surface area contributed by atoms with Crippen molar-refractivity contribution >= 4 is 11.9 Å². The predicted octanol–water partition coefficient (Wildman–Crippen LogP) is 0.397. The van der Waals surface area contributed by atoms with Crippen molar-refractivity contribution < 1.29 is 18.7 Å². The Morgan fingerprint density at radius 2 is 1.88 bits per heavy atom. The first-order valence-corrected chi connectivity index (χ1v) is 8.20. The van der Waals surface area contributed by atoms with Gasteiger partial charge >= 0.3 is 6.03 Å². The van der Waals surface area contributed by atoms with Crippen LogP contribution in [0, 0.1) is 6.92 Å². The van der Waals surface area contributed by atoms with Gasteiger partial charge in [-0.2, -0.15) is 0 Å². The number of urea groups is 1. The molecule has 1 aliphatic rings. The lowest BCUT2D eigenvalue weighted by Gasteiger charge is -2.33. The summed E-state index contributed by atoms with van der Waals surface area (Å²) in [4.78, 5) is 24.9. The molecule has 3 amide bonds. The summed E-state index contributed by atoms with van der Waals surface area (Å²) in [5.41, 5.74) is 0. The van der Waals surface area contributed by atoms with Crippen molar-refractivity contribution in [2.75, 3.05) is 45.9 Å². The van der Waals surface area contributed by atoms with Gasteiger partial charge in [0.2, 0.25) is 5.91 Å². The maximum absolute atomic E-state index is 11.9. The summed E-state index contributed by atoms with van der Waals surface area (Å²) in [5.74, 6) is 1.58. The average Bonchev–Trinajstić information content (AvgIpc) is 2.99. The van der Waals surface area contributed by atoms with Crippen LogP contribution in [0.1, 0.15) is 24.5 Å². The van der Waals surface area contributed by atoms with Crippen molar-refractivity contribution in [1.29, 1.82) is 0 Å². The van der Waals surface area contributed by atoms with E-state index in [4.69, 9.17) is 9.15 Å². The molecule has 2 heterocycles. The van der Waals surface area contributed by atoms with Gasteiger partial charge < -0.3 is 25.1 Å². The lowest BCUT2D eigenvalue weighted by molar-refractivity contribution is -0.118. The molecule has 0 aliphatic carbocycles. The van der Waals surface area contributed by atoms with Crippen LogP contribution in [0.3, 0.4) is 0 Å². The summed E-state index contributed by atoms with van der Waals surface area (Å²) in [7, 11) is 0. The van der Waals surface area contributed by atoms with Crippen LogP contribution >= 0.6 is 0 Å². The highest BCUT2D eigenvalue weighted by atomic mass is 16.5. The van der Waals surface area contributed by atoms with E-state index in [1.165, 1.54) is 6.92 Å². The summed E-state index contributed by atoms with van der Waals surface area (Å²) in [6.45, 7) is 7.55. The fraction of sp³-hybridized carbons (Fsp3) is 0.625. The number of carbonyl (C=O) groups excluding carboxylic acids is 2. The van der Waals surface area contributed by atoms with E-state index >= 15 is 0 Å². The van der Waals surface area contributed by atoms with Crippen LogP contribution < -0.4 is 16.0 Å². The normalized spacial score (nSPS) is 16.4. The number of aryl methyl sites for hydroxylation is 1. The lowest BCUT2D eigenvalue weighted by atomic mass is 10.1. The number of nitrogens with one attached hydrogen (secondary N) is 3. The Bertz CT molecular complexity index is 540. The first-order chi connectivity index (χ1) is 11.6. The number of morpholine rings is 1. The van der Waals surface area contributed by atoms with E-state index in [2.05, 4.69) is 20.9 Å². The van der Waals surface area contributed by atoms with Gasteiger partial charge in [-0.3, -0.25) is 9.69 Å². The zero-order chi connectivity index (χ0) is 17.4. The molecule has 24 heavy (non-hydrogen) atoms. The van der Waals surface area contributed by atoms with Gasteiger partial charge in [0.1, 0.15) is 11.5 Å². The lowest BCUT2D eigenvalue weighted by Crippen LogP contribution is -2.46. The predicted molar refractivity (Wildman–Crippen MR) is 88.7 cm³/mol. The second-order valence-electron chi connectivity index (χ2n) is 5.73. The Morgan fingerprint density at radius 3 is 2.50 bits per heavy atom. The summed E-state index contributed by atoms with van der Waals surface area (Å²) in [5, 5.41) is 8.21. The van der Waals surface area contributed by atoms with Gasteiger partial charge in [-0.1, -0.05) is 0 Å². The minimum Gasteiger partial charge on any atom is -0.465 e. The zero-order valence-electron chi connectivity index (χ0n) is 14.3. The number of furan rings is 1. The standard InChI is InChI=1S/C16H26N4O4/c1-12-3-4-15(24-12)14(20-7-9-23-10-8-20)11-19-16(22)18-6-5-17-13(2)21/h3-4,14H,5-11H2,1-2H3,(H,17,21)(H2,18,19,22)/t14-/m1/s1. The van der Waals surface area contributed by atoms with Gasteiger partial charge in [0, 0.05) is 39.6 Å². The van der Waals surface area contributed by atoms with E-state index in [1.54, 1.807) is 0 Å². The summed E-state index contributed by atoms with van der Waals surface area (Å²) in [6, 6.07) is 3.59. The monoisotopic (exact) mass is 338 g/mol. The minimum atomic E-state index is -0.262. The quantitative estimate of drug-likeness (QED) is 0.625. The highest BCUT2D eigenvalue weighted by molar-refractivity contribution is 5.74. The first kappa shape index (κ1) is 18.3. The molecule has 8 nitrogen and oxygen atoms in total. The van der Waals surface area contributed by atoms with Crippen LogP contribution in [0.15, 0.2) is 16.5 Å². The Kier molecular flexibility index (Phi) is 7.07. The van der Waals surface area contributed by atoms with E-state index in [0.29, 0.717) is 32.8 Å². The molecule has 0 unspecified atom stereocenters. The summed E-state index contributed by atoms with van der Waals surface area (Å²) < 4.78 is 11.1. The Morgan fingerprint density at radius 1 is 1.17 bits per heavy atom. The molecular formula is C16H26N4O4. The molecule has 1 aromatic rings. The maximum Gasteiger partial charge on any atom is 0.314 e. The van der Waals surface area contributed by atoms with Crippen molar-refractivity contribution in [2.24, 2.45) is 0 Å². The number of hydrogen-bond donors (Lipinski definition) is 3. The fourth-order valence-electron chi connectivity index (χ4n) is 2.60. The molecule has 8 heteroatoms. The molecule has 1 aromatic heterocycles. The Labute approximate surface area is 141 Å². The number of hydrogen-bond acceptors (Lipinski definition) is 5. The smallest absolute Gasteiger partial charge is 0.314 e. The highest BCUT2D eigenvalue weighted by Crippen LogP contribution is 2.23. The van der Waals surface area contributed by atoms with E-state index < -0.39 is 0 Å². The molecule has 3 N–H and O–H groups in total. The van der Waals surface area contributed by atoms with E-state index in [-0.39, 0.29) is 18.0 Å². The maximum atomic E-state index is 11.9. The molecule has 0 spiro atoms. The molecule has 134 valence electrons. The minimum absolute atomic E-state index is 0.0244. The molecule has 0 bridgehead atoms. The molecule has 1 aliphatic heterocycles. The third-order valence-corrected chi connectivity index (χ3v) is 3.82. The van der Waals surface area contributed by atoms with Gasteiger partial charge in [-0.05, 0) is 19.1 Å². The zero-order valence-corrected chi connectivity index (χ0v) is 14.3. The first-order valence-electron chi connectivity index (χ1n) is 8.20. The van der Waals surface area contributed by atoms with Crippen molar-refractivity contribution in [1.82, 2.24) is 20.9 Å². The third kappa shape index (κ3) is 5.86. The Balaban J connectivity index is 1.84. The number of amides is 3. The van der Waals surface area contributed by atoms with Crippen LogP contribution in [0.2, 0.25) is 0 Å². The number of ether oxygens (including phenoxy) is 1. The van der Waals surface area contributed by atoms with E-state index in [1.807, 2.05) is 19.1 Å². The SMILES string of the molecule is CC(=O)NCCNC(=O)NC[C@H](c1ccc(C)o1)N1CCOCC1. The fourth-order valence-corrected chi connectivity index (χ4v) is 2.60. The van der Waals surface area contributed by atoms with Gasteiger partial charge in [-0.15, -0.1) is 0 Å². The topological polar surface area (TPSA) is 95.8 Å². The molecule has 0 saturated carbocycles. The van der Waals surface area contributed by atoms with Gasteiger partial charge in [0.05, 0.1) is 19.3 Å².